The van der Waals surface area contributed by atoms with Gasteiger partial charge in [-0.3, -0.25) is 0 Å². The first-order chi connectivity index (χ1) is 10.7. The van der Waals surface area contributed by atoms with Crippen molar-refractivity contribution in [2.45, 2.75) is 44.4 Å². The fourth-order valence-corrected chi connectivity index (χ4v) is 3.92. The highest BCUT2D eigenvalue weighted by Crippen LogP contribution is 2.39. The molecule has 1 aromatic carbocycles. The van der Waals surface area contributed by atoms with E-state index in [9.17, 15) is 9.32 Å². The molecule has 7 heteroatoms. The first-order valence-electron chi connectivity index (χ1n) is 7.77. The van der Waals surface area contributed by atoms with Crippen LogP contribution < -0.4 is 10.0 Å². The van der Waals surface area contributed by atoms with Crippen molar-refractivity contribution in [2.75, 3.05) is 13.1 Å². The molecule has 0 amide bonds. The molecule has 3 N–H and O–H groups in total. The number of hydrogen-bond acceptors (Lipinski definition) is 3. The van der Waals surface area contributed by atoms with Crippen LogP contribution in [0.2, 0.25) is 10.0 Å². The molecule has 0 bridgehead atoms. The fourth-order valence-electron chi connectivity index (χ4n) is 2.68. The van der Waals surface area contributed by atoms with Crippen LogP contribution in [0.25, 0.3) is 0 Å². The van der Waals surface area contributed by atoms with Gasteiger partial charge in [-0.15, -0.1) is 0 Å². The second-order valence-corrected chi connectivity index (χ2v) is 9.70. The Balaban J connectivity index is 2.36. The van der Waals surface area contributed by atoms with Crippen LogP contribution in [0.1, 0.15) is 45.2 Å². The normalized spacial score (nSPS) is 19.5. The van der Waals surface area contributed by atoms with Crippen LogP contribution in [-0.2, 0) is 11.0 Å². The van der Waals surface area contributed by atoms with Gasteiger partial charge in [0.1, 0.15) is 5.75 Å². The Kier molecular flexibility index (Phi) is 6.36. The van der Waals surface area contributed by atoms with Gasteiger partial charge in [0.25, 0.3) is 0 Å². The average molecular weight is 379 g/mol. The molecule has 23 heavy (non-hydrogen) atoms. The van der Waals surface area contributed by atoms with Gasteiger partial charge in [0, 0.05) is 11.6 Å². The van der Waals surface area contributed by atoms with E-state index in [-0.39, 0.29) is 17.7 Å². The lowest BCUT2D eigenvalue weighted by molar-refractivity contribution is 0.302. The van der Waals surface area contributed by atoms with Gasteiger partial charge in [-0.05, 0) is 58.7 Å². The Morgan fingerprint density at radius 2 is 1.83 bits per heavy atom. The molecule has 2 atom stereocenters. The minimum atomic E-state index is -1.25. The molecule has 0 saturated carbocycles. The van der Waals surface area contributed by atoms with Crippen LogP contribution in [-0.4, -0.2) is 27.2 Å². The Morgan fingerprint density at radius 1 is 1.26 bits per heavy atom. The smallest absolute Gasteiger partial charge is 0.121 e. The number of aromatic hydroxyl groups is 1. The van der Waals surface area contributed by atoms with Crippen molar-refractivity contribution < 1.29 is 9.32 Å². The predicted molar refractivity (Wildman–Crippen MR) is 97.5 cm³/mol. The summed E-state index contributed by atoms with van der Waals surface area (Å²) in [5.41, 5.74) is 0.656. The fraction of sp³-hybridized carbons (Fsp3) is 0.625. The van der Waals surface area contributed by atoms with Crippen LogP contribution >= 0.6 is 23.2 Å². The largest absolute Gasteiger partial charge is 0.508 e. The molecule has 2 unspecified atom stereocenters. The van der Waals surface area contributed by atoms with Crippen LogP contribution in [0.5, 0.6) is 5.75 Å². The molecule has 130 valence electrons. The maximum absolute atomic E-state index is 12.6. The zero-order chi connectivity index (χ0) is 17.2. The number of nitrogens with one attached hydrogen (secondary N) is 2. The Labute approximate surface area is 150 Å². The second kappa shape index (κ2) is 7.70. The Hall–Kier alpha value is -0.330. The highest BCUT2D eigenvalue weighted by atomic mass is 35.5. The summed E-state index contributed by atoms with van der Waals surface area (Å²) < 4.78 is 15.4. The second-order valence-electron chi connectivity index (χ2n) is 6.89. The first-order valence-corrected chi connectivity index (χ1v) is 9.67. The molecule has 1 fully saturated rings. The van der Waals surface area contributed by atoms with Gasteiger partial charge in [0.15, 0.2) is 0 Å². The third-order valence-electron chi connectivity index (χ3n) is 4.05. The molecule has 0 radical (unpaired) electrons. The molecule has 4 nitrogen and oxygen atoms in total. The maximum atomic E-state index is 12.6. The van der Waals surface area contributed by atoms with E-state index >= 15 is 0 Å². The van der Waals surface area contributed by atoms with Gasteiger partial charge >= 0.3 is 0 Å². The van der Waals surface area contributed by atoms with Crippen LogP contribution in [0.3, 0.4) is 0 Å². The van der Waals surface area contributed by atoms with E-state index in [1.165, 1.54) is 6.07 Å². The summed E-state index contributed by atoms with van der Waals surface area (Å²) >= 11 is 12.1. The van der Waals surface area contributed by atoms with Gasteiger partial charge in [-0.2, -0.15) is 0 Å². The Morgan fingerprint density at radius 3 is 2.39 bits per heavy atom. The van der Waals surface area contributed by atoms with Gasteiger partial charge in [0.2, 0.25) is 0 Å². The number of piperidine rings is 1. The molecule has 0 spiro atoms. The summed E-state index contributed by atoms with van der Waals surface area (Å²) in [6.45, 7) is 7.58. The van der Waals surface area contributed by atoms with E-state index in [0.29, 0.717) is 15.6 Å². The molecule has 1 aromatic rings. The SMILES string of the molecule is CC(C)(C)S(=O)NC(c1cc(Cl)c(Cl)cc1O)C1CCNCC1. The van der Waals surface area contributed by atoms with E-state index in [1.54, 1.807) is 6.07 Å². The van der Waals surface area contributed by atoms with Crippen molar-refractivity contribution in [1.29, 1.82) is 0 Å². The third-order valence-corrected chi connectivity index (χ3v) is 6.35. The molecule has 0 aliphatic carbocycles. The van der Waals surface area contributed by atoms with Gasteiger partial charge in [0.05, 0.1) is 31.8 Å². The van der Waals surface area contributed by atoms with Crippen molar-refractivity contribution in [3.8, 4) is 5.75 Å². The average Bonchev–Trinajstić information content (AvgIpc) is 2.48. The van der Waals surface area contributed by atoms with E-state index in [0.717, 1.165) is 25.9 Å². The minimum Gasteiger partial charge on any atom is -0.508 e. The summed E-state index contributed by atoms with van der Waals surface area (Å²) in [7, 11) is -1.25. The summed E-state index contributed by atoms with van der Waals surface area (Å²) in [6, 6.07) is 2.90. The van der Waals surface area contributed by atoms with E-state index in [4.69, 9.17) is 23.2 Å². The topological polar surface area (TPSA) is 61.4 Å². The summed E-state index contributed by atoms with van der Waals surface area (Å²) in [5.74, 6) is 0.354. The van der Waals surface area contributed by atoms with Crippen molar-refractivity contribution >= 4 is 34.2 Å². The van der Waals surface area contributed by atoms with Gasteiger partial charge < -0.3 is 10.4 Å². The van der Waals surface area contributed by atoms with Crippen LogP contribution in [0.15, 0.2) is 12.1 Å². The predicted octanol–water partition coefficient (Wildman–Crippen LogP) is 3.79. The van der Waals surface area contributed by atoms with Crippen LogP contribution in [0, 0.1) is 5.92 Å². The Bertz CT molecular complexity index is 584. The zero-order valence-corrected chi connectivity index (χ0v) is 16.0. The number of halogens is 2. The van der Waals surface area contributed by atoms with Crippen molar-refractivity contribution in [1.82, 2.24) is 10.0 Å². The lowest BCUT2D eigenvalue weighted by Crippen LogP contribution is -2.41. The standard InChI is InChI=1S/C16H24Cl2N2O2S/c1-16(2,3)23(22)20-15(10-4-6-19-7-5-10)11-8-12(17)13(18)9-14(11)21/h8-10,15,19-21H,4-7H2,1-3H3. The van der Waals surface area contributed by atoms with Crippen molar-refractivity contribution in [3.63, 3.8) is 0 Å². The third kappa shape index (κ3) is 4.83. The molecule has 1 aliphatic rings. The minimum absolute atomic E-state index is 0.0846. The zero-order valence-electron chi connectivity index (χ0n) is 13.7. The summed E-state index contributed by atoms with van der Waals surface area (Å²) in [6.07, 6.45) is 1.89. The lowest BCUT2D eigenvalue weighted by Gasteiger charge is -2.33. The van der Waals surface area contributed by atoms with Crippen LogP contribution in [0.4, 0.5) is 0 Å². The summed E-state index contributed by atoms with van der Waals surface area (Å²) in [4.78, 5) is 0. The molecule has 1 aliphatic heterocycles. The number of hydrogen-bond donors (Lipinski definition) is 3. The highest BCUT2D eigenvalue weighted by Gasteiger charge is 2.31. The highest BCUT2D eigenvalue weighted by molar-refractivity contribution is 7.84. The quantitative estimate of drug-likeness (QED) is 0.746. The van der Waals surface area contributed by atoms with Gasteiger partial charge in [-0.1, -0.05) is 23.2 Å². The number of phenols is 1. The van der Waals surface area contributed by atoms with E-state index in [2.05, 4.69) is 10.0 Å². The number of benzene rings is 1. The van der Waals surface area contributed by atoms with Crippen molar-refractivity contribution in [2.24, 2.45) is 5.92 Å². The number of phenolic OH excluding ortho intramolecular Hbond substituents is 1. The number of rotatable bonds is 4. The molecule has 0 aromatic heterocycles. The van der Waals surface area contributed by atoms with E-state index < -0.39 is 15.7 Å². The molecular weight excluding hydrogens is 355 g/mol. The summed E-state index contributed by atoms with van der Waals surface area (Å²) in [5, 5.41) is 14.4. The van der Waals surface area contributed by atoms with Gasteiger partial charge in [-0.25, -0.2) is 8.93 Å². The molecular formula is C16H24Cl2N2O2S. The van der Waals surface area contributed by atoms with Crippen molar-refractivity contribution in [3.05, 3.63) is 27.7 Å². The lowest BCUT2D eigenvalue weighted by atomic mass is 9.86. The molecule has 1 heterocycles. The molecule has 1 saturated heterocycles. The maximum Gasteiger partial charge on any atom is 0.121 e. The molecule has 2 rings (SSSR count). The van der Waals surface area contributed by atoms with E-state index in [1.807, 2.05) is 20.8 Å². The monoisotopic (exact) mass is 378 g/mol. The first kappa shape index (κ1) is 19.0.